The third-order valence-electron chi connectivity index (χ3n) is 2.26. The molecule has 0 heterocycles. The molecule has 0 aromatic carbocycles. The molecule has 0 aliphatic rings. The molecule has 0 aliphatic heterocycles. The first-order valence-corrected chi connectivity index (χ1v) is 5.14. The van der Waals surface area contributed by atoms with Crippen LogP contribution in [0.1, 0.15) is 33.6 Å². The summed E-state index contributed by atoms with van der Waals surface area (Å²) in [5, 5.41) is 8.34. The number of carboxylic acid groups (broad SMARTS) is 1. The molecule has 0 saturated heterocycles. The molecule has 2 nitrogen and oxygen atoms in total. The molecule has 0 aromatic heterocycles. The molecule has 2 heteroatoms. The Labute approximate surface area is 86.3 Å². The molecule has 80 valence electrons. The lowest BCUT2D eigenvalue weighted by Gasteiger charge is -2.11. The smallest absolute Gasteiger partial charge is 0.328 e. The Hall–Kier alpha value is -1.05. The molecule has 2 atom stereocenters. The van der Waals surface area contributed by atoms with E-state index in [9.17, 15) is 4.79 Å². The minimum Gasteiger partial charge on any atom is -0.478 e. The van der Waals surface area contributed by atoms with Gasteiger partial charge in [-0.1, -0.05) is 45.4 Å². The highest BCUT2D eigenvalue weighted by Crippen LogP contribution is 2.15. The van der Waals surface area contributed by atoms with Crippen LogP contribution in [0.2, 0.25) is 0 Å². The van der Waals surface area contributed by atoms with Gasteiger partial charge in [-0.15, -0.1) is 0 Å². The Morgan fingerprint density at radius 2 is 2.00 bits per heavy atom. The van der Waals surface area contributed by atoms with Crippen molar-refractivity contribution in [2.24, 2.45) is 11.8 Å². The molecule has 14 heavy (non-hydrogen) atoms. The normalized spacial score (nSPS) is 16.2. The number of carboxylic acids is 1. The number of hydrogen-bond acceptors (Lipinski definition) is 1. The zero-order valence-electron chi connectivity index (χ0n) is 9.23. The maximum absolute atomic E-state index is 10.1. The Kier molecular flexibility index (Phi) is 6.81. The lowest BCUT2D eigenvalue weighted by atomic mass is 9.95. The van der Waals surface area contributed by atoms with Crippen molar-refractivity contribution in [1.82, 2.24) is 0 Å². The van der Waals surface area contributed by atoms with Gasteiger partial charge >= 0.3 is 5.97 Å². The highest BCUT2D eigenvalue weighted by molar-refractivity contribution is 5.80. The van der Waals surface area contributed by atoms with E-state index in [4.69, 9.17) is 5.11 Å². The van der Waals surface area contributed by atoms with Crippen LogP contribution < -0.4 is 0 Å². The van der Waals surface area contributed by atoms with Crippen LogP contribution in [-0.2, 0) is 4.79 Å². The van der Waals surface area contributed by atoms with Crippen molar-refractivity contribution >= 4 is 5.97 Å². The minimum atomic E-state index is -0.899. The van der Waals surface area contributed by atoms with E-state index in [2.05, 4.69) is 20.8 Å². The molecule has 0 aliphatic carbocycles. The predicted octanol–water partition coefficient (Wildman–Crippen LogP) is 3.26. The van der Waals surface area contributed by atoms with Gasteiger partial charge in [-0.2, -0.15) is 0 Å². The highest BCUT2D eigenvalue weighted by Gasteiger charge is 2.02. The van der Waals surface area contributed by atoms with Crippen molar-refractivity contribution < 1.29 is 9.90 Å². The summed E-state index contributed by atoms with van der Waals surface area (Å²) in [6.07, 6.45) is 8.92. The number of hydrogen-bond donors (Lipinski definition) is 1. The molecule has 1 N–H and O–H groups in total. The Bertz CT molecular complexity index is 216. The molecule has 0 amide bonds. The molecule has 2 unspecified atom stereocenters. The summed E-state index contributed by atoms with van der Waals surface area (Å²) in [5.74, 6) is 0.353. The summed E-state index contributed by atoms with van der Waals surface area (Å²) >= 11 is 0. The van der Waals surface area contributed by atoms with Gasteiger partial charge < -0.3 is 5.11 Å². The zero-order valence-corrected chi connectivity index (χ0v) is 9.23. The molecule has 0 rings (SSSR count). The van der Waals surface area contributed by atoms with Crippen LogP contribution in [0.4, 0.5) is 0 Å². The molecule has 0 fully saturated rings. The number of carbonyl (C=O) groups is 1. The predicted molar refractivity (Wildman–Crippen MR) is 59.2 cm³/mol. The van der Waals surface area contributed by atoms with E-state index in [1.54, 1.807) is 12.2 Å². The van der Waals surface area contributed by atoms with E-state index in [1.807, 2.05) is 6.08 Å². The van der Waals surface area contributed by atoms with Gasteiger partial charge in [-0.3, -0.25) is 0 Å². The molecule has 0 aromatic rings. The monoisotopic (exact) mass is 196 g/mol. The van der Waals surface area contributed by atoms with Gasteiger partial charge in [0, 0.05) is 6.08 Å². The van der Waals surface area contributed by atoms with E-state index in [-0.39, 0.29) is 0 Å². The van der Waals surface area contributed by atoms with E-state index in [1.165, 1.54) is 6.42 Å². The first kappa shape index (κ1) is 12.9. The first-order valence-electron chi connectivity index (χ1n) is 5.14. The number of aliphatic carboxylic acids is 1. The standard InChI is InChI=1S/C12H20O2/c1-4-10(2)9-11(3)7-5-6-8-12(13)14/h5-8,10-11H,4,9H2,1-3H3,(H,13,14). The maximum atomic E-state index is 10.1. The zero-order chi connectivity index (χ0) is 11.0. The van der Waals surface area contributed by atoms with Crippen LogP contribution in [-0.4, -0.2) is 11.1 Å². The van der Waals surface area contributed by atoms with Crippen LogP contribution >= 0.6 is 0 Å². The van der Waals surface area contributed by atoms with Gasteiger partial charge in [0.15, 0.2) is 0 Å². The first-order chi connectivity index (χ1) is 6.56. The van der Waals surface area contributed by atoms with Crippen molar-refractivity contribution in [1.29, 1.82) is 0 Å². The molecule has 0 saturated carbocycles. The molecule has 0 bridgehead atoms. The van der Waals surface area contributed by atoms with Crippen LogP contribution in [0.15, 0.2) is 24.3 Å². The molecular weight excluding hydrogens is 176 g/mol. The van der Waals surface area contributed by atoms with Gasteiger partial charge in [0.05, 0.1) is 0 Å². The summed E-state index contributed by atoms with van der Waals surface area (Å²) in [4.78, 5) is 10.1. The van der Waals surface area contributed by atoms with E-state index >= 15 is 0 Å². The average Bonchev–Trinajstić information content (AvgIpc) is 2.12. The lowest BCUT2D eigenvalue weighted by molar-refractivity contribution is -0.131. The quantitative estimate of drug-likeness (QED) is 0.523. The van der Waals surface area contributed by atoms with Crippen LogP contribution in [0.25, 0.3) is 0 Å². The maximum Gasteiger partial charge on any atom is 0.328 e. The lowest BCUT2D eigenvalue weighted by Crippen LogP contribution is -1.98. The minimum absolute atomic E-state index is 0.517. The molecule has 0 spiro atoms. The summed E-state index contributed by atoms with van der Waals surface area (Å²) in [5.41, 5.74) is 0. The van der Waals surface area contributed by atoms with Crippen molar-refractivity contribution in [3.63, 3.8) is 0 Å². The van der Waals surface area contributed by atoms with Gasteiger partial charge in [-0.05, 0) is 18.3 Å². The summed E-state index contributed by atoms with van der Waals surface area (Å²) < 4.78 is 0. The van der Waals surface area contributed by atoms with Crippen LogP contribution in [0.5, 0.6) is 0 Å². The fourth-order valence-corrected chi connectivity index (χ4v) is 1.27. The SMILES string of the molecule is CCC(C)CC(C)C=CC=CC(=O)O. The van der Waals surface area contributed by atoms with E-state index < -0.39 is 5.97 Å². The largest absolute Gasteiger partial charge is 0.478 e. The fraction of sp³-hybridized carbons (Fsp3) is 0.583. The van der Waals surface area contributed by atoms with Gasteiger partial charge in [0.2, 0.25) is 0 Å². The van der Waals surface area contributed by atoms with E-state index in [0.29, 0.717) is 5.92 Å². The van der Waals surface area contributed by atoms with Crippen molar-refractivity contribution in [2.75, 3.05) is 0 Å². The van der Waals surface area contributed by atoms with Crippen molar-refractivity contribution in [3.05, 3.63) is 24.3 Å². The van der Waals surface area contributed by atoms with Gasteiger partial charge in [0.25, 0.3) is 0 Å². The third kappa shape index (κ3) is 7.59. The van der Waals surface area contributed by atoms with Gasteiger partial charge in [0.1, 0.15) is 0 Å². The summed E-state index contributed by atoms with van der Waals surface area (Å²) in [6.45, 7) is 6.57. The van der Waals surface area contributed by atoms with Crippen LogP contribution in [0, 0.1) is 11.8 Å². The Morgan fingerprint density at radius 1 is 1.36 bits per heavy atom. The second-order valence-electron chi connectivity index (χ2n) is 3.81. The Balaban J connectivity index is 3.81. The van der Waals surface area contributed by atoms with Crippen molar-refractivity contribution in [2.45, 2.75) is 33.6 Å². The number of allylic oxidation sites excluding steroid dienone is 3. The van der Waals surface area contributed by atoms with E-state index in [0.717, 1.165) is 18.4 Å². The third-order valence-corrected chi connectivity index (χ3v) is 2.26. The second-order valence-corrected chi connectivity index (χ2v) is 3.81. The Morgan fingerprint density at radius 3 is 2.50 bits per heavy atom. The fourth-order valence-electron chi connectivity index (χ4n) is 1.27. The highest BCUT2D eigenvalue weighted by atomic mass is 16.4. The molecular formula is C12H20O2. The number of rotatable bonds is 6. The topological polar surface area (TPSA) is 37.3 Å². The summed E-state index contributed by atoms with van der Waals surface area (Å²) in [7, 11) is 0. The summed E-state index contributed by atoms with van der Waals surface area (Å²) in [6, 6.07) is 0. The second kappa shape index (κ2) is 7.36. The van der Waals surface area contributed by atoms with Gasteiger partial charge in [-0.25, -0.2) is 4.79 Å². The molecule has 0 radical (unpaired) electrons. The van der Waals surface area contributed by atoms with Crippen LogP contribution in [0.3, 0.4) is 0 Å². The average molecular weight is 196 g/mol. The van der Waals surface area contributed by atoms with Crippen molar-refractivity contribution in [3.8, 4) is 0 Å².